The third-order valence-electron chi connectivity index (χ3n) is 6.01. The van der Waals surface area contributed by atoms with Crippen LogP contribution in [0.5, 0.6) is 0 Å². The van der Waals surface area contributed by atoms with Crippen molar-refractivity contribution in [2.45, 2.75) is 58.9 Å². The molecule has 6 nitrogen and oxygen atoms in total. The van der Waals surface area contributed by atoms with E-state index in [9.17, 15) is 9.59 Å². The number of nitrogens with zero attached hydrogens (tertiary/aromatic N) is 1. The minimum Gasteiger partial charge on any atom is -0.355 e. The summed E-state index contributed by atoms with van der Waals surface area (Å²) < 4.78 is 0. The second-order valence-electron chi connectivity index (χ2n) is 8.65. The molecule has 1 unspecified atom stereocenters. The molecular weight excluding hydrogens is 352 g/mol. The Morgan fingerprint density at radius 3 is 2.64 bits per heavy atom. The van der Waals surface area contributed by atoms with Gasteiger partial charge in [0.2, 0.25) is 5.91 Å². The van der Waals surface area contributed by atoms with Crippen LogP contribution < -0.4 is 11.0 Å². The summed E-state index contributed by atoms with van der Waals surface area (Å²) in [7, 11) is 0. The molecule has 0 radical (unpaired) electrons. The quantitative estimate of drug-likeness (QED) is 0.652. The van der Waals surface area contributed by atoms with Crippen molar-refractivity contribution < 1.29 is 4.79 Å². The highest BCUT2D eigenvalue weighted by atomic mass is 16.1. The summed E-state index contributed by atoms with van der Waals surface area (Å²) in [5, 5.41) is 3.16. The highest BCUT2D eigenvalue weighted by molar-refractivity contribution is 5.76. The largest absolute Gasteiger partial charge is 0.355 e. The van der Waals surface area contributed by atoms with Crippen molar-refractivity contribution in [3.05, 3.63) is 34.2 Å². The summed E-state index contributed by atoms with van der Waals surface area (Å²) in [5.74, 6) is 1.48. The number of fused-ring (bicyclic) bond motifs is 1. The molecule has 0 spiro atoms. The number of carbonyl (C=O) groups excluding carboxylic acids is 1. The van der Waals surface area contributed by atoms with Crippen molar-refractivity contribution >= 4 is 16.9 Å². The molecule has 0 bridgehead atoms. The van der Waals surface area contributed by atoms with Gasteiger partial charge in [0.15, 0.2) is 0 Å². The van der Waals surface area contributed by atoms with Crippen LogP contribution in [0, 0.1) is 11.8 Å². The average Bonchev–Trinajstić information content (AvgIpc) is 3.02. The third kappa shape index (κ3) is 5.47. The molecule has 1 saturated heterocycles. The minimum atomic E-state index is -0.186. The maximum atomic E-state index is 12.3. The first-order valence-corrected chi connectivity index (χ1v) is 10.6. The molecule has 6 heteroatoms. The Balaban J connectivity index is 1.43. The van der Waals surface area contributed by atoms with Crippen molar-refractivity contribution in [1.29, 1.82) is 0 Å². The Morgan fingerprint density at radius 2 is 1.93 bits per heavy atom. The maximum Gasteiger partial charge on any atom is 0.323 e. The predicted molar refractivity (Wildman–Crippen MR) is 113 cm³/mol. The van der Waals surface area contributed by atoms with Crippen LogP contribution in [-0.2, 0) is 11.2 Å². The molecule has 0 aliphatic carbocycles. The van der Waals surface area contributed by atoms with Gasteiger partial charge in [0.1, 0.15) is 0 Å². The van der Waals surface area contributed by atoms with Crippen molar-refractivity contribution in [2.75, 3.05) is 19.6 Å². The number of H-pyrrole nitrogens is 2. The molecular formula is C22H34N4O2. The predicted octanol–water partition coefficient (Wildman–Crippen LogP) is 3.05. The van der Waals surface area contributed by atoms with Gasteiger partial charge in [0, 0.05) is 19.0 Å². The zero-order valence-corrected chi connectivity index (χ0v) is 17.4. The van der Waals surface area contributed by atoms with Crippen molar-refractivity contribution in [3.8, 4) is 0 Å². The molecule has 1 aromatic heterocycles. The molecule has 1 fully saturated rings. The minimum absolute atomic E-state index is 0.132. The lowest BCUT2D eigenvalue weighted by atomic mass is 9.94. The summed E-state index contributed by atoms with van der Waals surface area (Å²) >= 11 is 0. The van der Waals surface area contributed by atoms with E-state index in [1.807, 2.05) is 18.2 Å². The number of benzene rings is 1. The highest BCUT2D eigenvalue weighted by Crippen LogP contribution is 2.21. The number of hydrogen-bond donors (Lipinski definition) is 3. The van der Waals surface area contributed by atoms with Crippen LogP contribution in [0.1, 0.15) is 52.0 Å². The van der Waals surface area contributed by atoms with Gasteiger partial charge in [-0.25, -0.2) is 4.79 Å². The number of nitrogens with one attached hydrogen (secondary N) is 3. The van der Waals surface area contributed by atoms with Gasteiger partial charge in [-0.05, 0) is 68.3 Å². The number of amides is 1. The van der Waals surface area contributed by atoms with Crippen LogP contribution in [0.25, 0.3) is 11.0 Å². The Labute approximate surface area is 167 Å². The van der Waals surface area contributed by atoms with E-state index >= 15 is 0 Å². The monoisotopic (exact) mass is 386 g/mol. The smallest absolute Gasteiger partial charge is 0.323 e. The van der Waals surface area contributed by atoms with Crippen LogP contribution in [0.15, 0.2) is 23.0 Å². The fourth-order valence-corrected chi connectivity index (χ4v) is 4.14. The molecule has 1 amide bonds. The second-order valence-corrected chi connectivity index (χ2v) is 8.65. The van der Waals surface area contributed by atoms with Gasteiger partial charge in [-0.1, -0.05) is 26.8 Å². The summed E-state index contributed by atoms with van der Waals surface area (Å²) in [6.45, 7) is 9.84. The number of carbonyl (C=O) groups is 1. The standard InChI is InChI=1S/C22H34N4O2/c1-15(2)20(26-11-9-16(3)10-12-26)14-23-21(27)6-4-5-17-7-8-18-19(13-17)25-22(28)24-18/h7-8,13,15-16,20H,4-6,9-12,14H2,1-3H3,(H,23,27)(H2,24,25,28). The Bertz CT molecular complexity index is 830. The fraction of sp³-hybridized carbons (Fsp3) is 0.636. The van der Waals surface area contributed by atoms with Crippen LogP contribution in [0.3, 0.4) is 0 Å². The molecule has 1 aromatic carbocycles. The molecule has 3 N–H and O–H groups in total. The van der Waals surface area contributed by atoms with Crippen LogP contribution in [0.4, 0.5) is 0 Å². The number of piperidine rings is 1. The van der Waals surface area contributed by atoms with E-state index in [0.717, 1.165) is 55.0 Å². The molecule has 3 rings (SSSR count). The summed E-state index contributed by atoms with van der Waals surface area (Å²) in [4.78, 5) is 31.7. The number of aryl methyl sites for hydroxylation is 1. The number of hydrogen-bond acceptors (Lipinski definition) is 3. The number of imidazole rings is 1. The summed E-state index contributed by atoms with van der Waals surface area (Å²) in [6, 6.07) is 6.33. The van der Waals surface area contributed by atoms with E-state index in [1.165, 1.54) is 12.8 Å². The Hall–Kier alpha value is -2.08. The number of aromatic nitrogens is 2. The van der Waals surface area contributed by atoms with Gasteiger partial charge in [-0.15, -0.1) is 0 Å². The molecule has 1 aliphatic heterocycles. The molecule has 1 atom stereocenters. The van der Waals surface area contributed by atoms with E-state index in [1.54, 1.807) is 0 Å². The Kier molecular flexibility index (Phi) is 6.94. The first kappa shape index (κ1) is 20.6. The fourth-order valence-electron chi connectivity index (χ4n) is 4.14. The second kappa shape index (κ2) is 9.41. The van der Waals surface area contributed by atoms with Gasteiger partial charge >= 0.3 is 5.69 Å². The van der Waals surface area contributed by atoms with Gasteiger partial charge in [-0.2, -0.15) is 0 Å². The van der Waals surface area contributed by atoms with Crippen LogP contribution >= 0.6 is 0 Å². The maximum absolute atomic E-state index is 12.3. The van der Waals surface area contributed by atoms with E-state index < -0.39 is 0 Å². The van der Waals surface area contributed by atoms with Gasteiger partial charge in [-0.3, -0.25) is 9.69 Å². The molecule has 2 heterocycles. The third-order valence-corrected chi connectivity index (χ3v) is 6.01. The lowest BCUT2D eigenvalue weighted by Gasteiger charge is -2.38. The van der Waals surface area contributed by atoms with Crippen molar-refractivity contribution in [1.82, 2.24) is 20.2 Å². The topological polar surface area (TPSA) is 81.0 Å². The van der Waals surface area contributed by atoms with Crippen LogP contribution in [0.2, 0.25) is 0 Å². The summed E-state index contributed by atoms with van der Waals surface area (Å²) in [5.41, 5.74) is 2.59. The number of rotatable bonds is 8. The molecule has 2 aromatic rings. The van der Waals surface area contributed by atoms with Gasteiger partial charge in [0.05, 0.1) is 11.0 Å². The van der Waals surface area contributed by atoms with Gasteiger partial charge < -0.3 is 15.3 Å². The molecule has 0 saturated carbocycles. The van der Waals surface area contributed by atoms with E-state index in [0.29, 0.717) is 18.4 Å². The SMILES string of the molecule is CC1CCN(C(CNC(=O)CCCc2ccc3[nH]c(=O)[nH]c3c2)C(C)C)CC1. The number of likely N-dealkylation sites (tertiary alicyclic amines) is 1. The van der Waals surface area contributed by atoms with E-state index in [-0.39, 0.29) is 11.6 Å². The first-order valence-electron chi connectivity index (χ1n) is 10.6. The van der Waals surface area contributed by atoms with E-state index in [2.05, 4.69) is 41.0 Å². The van der Waals surface area contributed by atoms with Crippen molar-refractivity contribution in [3.63, 3.8) is 0 Å². The molecule has 28 heavy (non-hydrogen) atoms. The highest BCUT2D eigenvalue weighted by Gasteiger charge is 2.25. The Morgan fingerprint density at radius 1 is 1.21 bits per heavy atom. The van der Waals surface area contributed by atoms with Gasteiger partial charge in [0.25, 0.3) is 0 Å². The lowest BCUT2D eigenvalue weighted by Crippen LogP contribution is -2.49. The summed E-state index contributed by atoms with van der Waals surface area (Å²) in [6.07, 6.45) is 4.68. The first-order chi connectivity index (χ1) is 13.4. The lowest BCUT2D eigenvalue weighted by molar-refractivity contribution is -0.121. The van der Waals surface area contributed by atoms with Crippen molar-refractivity contribution in [2.24, 2.45) is 11.8 Å². The molecule has 1 aliphatic rings. The number of aromatic amines is 2. The average molecular weight is 387 g/mol. The zero-order chi connectivity index (χ0) is 20.1. The molecule has 154 valence electrons. The normalized spacial score (nSPS) is 17.3. The zero-order valence-electron chi connectivity index (χ0n) is 17.4. The van der Waals surface area contributed by atoms with Crippen LogP contribution in [-0.4, -0.2) is 46.5 Å². The van der Waals surface area contributed by atoms with E-state index in [4.69, 9.17) is 0 Å².